The Morgan fingerprint density at radius 1 is 1.02 bits per heavy atom. The number of urea groups is 1. The van der Waals surface area contributed by atoms with E-state index < -0.39 is 0 Å². The number of rotatable bonds is 5. The number of nitrogens with one attached hydrogen (secondary N) is 2. The van der Waals surface area contributed by atoms with Gasteiger partial charge in [-0.1, -0.05) is 48.5 Å². The van der Waals surface area contributed by atoms with Crippen molar-refractivity contribution in [3.8, 4) is 22.5 Å². The first kappa shape index (κ1) is 25.0. The highest BCUT2D eigenvalue weighted by molar-refractivity contribution is 7.17. The Kier molecular flexibility index (Phi) is 6.79. The van der Waals surface area contributed by atoms with E-state index in [0.717, 1.165) is 72.7 Å². The Balaban J connectivity index is 1.00. The van der Waals surface area contributed by atoms with Gasteiger partial charge in [0.1, 0.15) is 0 Å². The highest BCUT2D eigenvalue weighted by atomic mass is 32.1. The third-order valence-corrected chi connectivity index (χ3v) is 9.13. The van der Waals surface area contributed by atoms with E-state index in [2.05, 4.69) is 73.2 Å². The summed E-state index contributed by atoms with van der Waals surface area (Å²) in [6.07, 6.45) is 4.76. The molecule has 1 fully saturated rings. The molecular formula is C32H32N6OS. The third kappa shape index (κ3) is 5.00. The Hall–Kier alpha value is -4.01. The zero-order chi connectivity index (χ0) is 26.9. The molecule has 5 aromatic rings. The Morgan fingerprint density at radius 2 is 1.90 bits per heavy atom. The fourth-order valence-corrected chi connectivity index (χ4v) is 6.95. The Labute approximate surface area is 237 Å². The second kappa shape index (κ2) is 10.9. The summed E-state index contributed by atoms with van der Waals surface area (Å²) in [6.45, 7) is 4.11. The summed E-state index contributed by atoms with van der Waals surface area (Å²) in [5.74, 6) is 0. The molecule has 0 bridgehead atoms. The van der Waals surface area contributed by atoms with E-state index in [1.165, 1.54) is 15.6 Å². The first-order valence-electron chi connectivity index (χ1n) is 14.0. The average molecular weight is 549 g/mol. The van der Waals surface area contributed by atoms with Crippen molar-refractivity contribution in [3.63, 3.8) is 0 Å². The summed E-state index contributed by atoms with van der Waals surface area (Å²) >= 11 is 1.81. The molecule has 2 aromatic carbocycles. The van der Waals surface area contributed by atoms with E-state index in [1.54, 1.807) is 0 Å². The number of nitrogens with zero attached hydrogens (tertiary/aromatic N) is 4. The predicted octanol–water partition coefficient (Wildman–Crippen LogP) is 6.09. The zero-order valence-corrected chi connectivity index (χ0v) is 23.2. The summed E-state index contributed by atoms with van der Waals surface area (Å²) in [7, 11) is 0. The third-order valence-electron chi connectivity index (χ3n) is 8.12. The van der Waals surface area contributed by atoms with Crippen molar-refractivity contribution in [3.05, 3.63) is 95.1 Å². The molecule has 3 aromatic heterocycles. The summed E-state index contributed by atoms with van der Waals surface area (Å²) in [5.41, 5.74) is 7.45. The van der Waals surface area contributed by atoms with E-state index in [-0.39, 0.29) is 12.1 Å². The van der Waals surface area contributed by atoms with Crippen LogP contribution in [0.2, 0.25) is 0 Å². The number of hydrogen-bond donors (Lipinski definition) is 2. The van der Waals surface area contributed by atoms with Crippen LogP contribution in [0, 0.1) is 0 Å². The minimum absolute atomic E-state index is 0.0168. The molecule has 1 saturated heterocycles. The van der Waals surface area contributed by atoms with Crippen LogP contribution in [0.1, 0.15) is 29.7 Å². The smallest absolute Gasteiger partial charge is 0.317 e. The second-order valence-corrected chi connectivity index (χ2v) is 11.7. The predicted molar refractivity (Wildman–Crippen MR) is 160 cm³/mol. The average Bonchev–Trinajstić information content (AvgIpc) is 3.62. The van der Waals surface area contributed by atoms with E-state index in [0.29, 0.717) is 13.1 Å². The first-order chi connectivity index (χ1) is 19.7. The largest absolute Gasteiger partial charge is 0.334 e. The molecule has 2 aliphatic heterocycles. The van der Waals surface area contributed by atoms with Gasteiger partial charge in [0, 0.05) is 65.4 Å². The molecule has 40 heavy (non-hydrogen) atoms. The van der Waals surface area contributed by atoms with E-state index in [1.807, 2.05) is 46.7 Å². The highest BCUT2D eigenvalue weighted by Gasteiger charge is 2.28. The number of carbonyl (C=O) groups excluding carboxylic acids is 1. The zero-order valence-electron chi connectivity index (χ0n) is 22.3. The molecule has 202 valence electrons. The Morgan fingerprint density at radius 3 is 2.77 bits per heavy atom. The SMILES string of the molecule is O=C(N[C@@H]1CCCN(Cc2csc3ccccc23)C1)N1CCc2[nH]nc(-c3ccc(-c4ccccc4)nc3)c2C1. The summed E-state index contributed by atoms with van der Waals surface area (Å²) in [6, 6.07) is 23.1. The van der Waals surface area contributed by atoms with Crippen molar-refractivity contribution in [1.82, 2.24) is 30.3 Å². The fourth-order valence-electron chi connectivity index (χ4n) is 6.00. The van der Waals surface area contributed by atoms with E-state index in [4.69, 9.17) is 0 Å². The maximum atomic E-state index is 13.4. The molecule has 2 amide bonds. The molecule has 0 saturated carbocycles. The molecule has 0 unspecified atom stereocenters. The lowest BCUT2D eigenvalue weighted by Gasteiger charge is -2.35. The van der Waals surface area contributed by atoms with Gasteiger partial charge in [0.15, 0.2) is 0 Å². The molecule has 2 N–H and O–H groups in total. The number of pyridine rings is 1. The van der Waals surface area contributed by atoms with Crippen molar-refractivity contribution in [2.24, 2.45) is 0 Å². The van der Waals surface area contributed by atoms with Gasteiger partial charge in [0.05, 0.1) is 17.9 Å². The molecule has 2 aliphatic rings. The quantitative estimate of drug-likeness (QED) is 0.279. The van der Waals surface area contributed by atoms with Crippen molar-refractivity contribution < 1.29 is 4.79 Å². The number of fused-ring (bicyclic) bond motifs is 2. The number of amides is 2. The highest BCUT2D eigenvalue weighted by Crippen LogP contribution is 2.30. The minimum Gasteiger partial charge on any atom is -0.334 e. The second-order valence-electron chi connectivity index (χ2n) is 10.8. The molecule has 5 heterocycles. The van der Waals surface area contributed by atoms with Crippen LogP contribution in [0.4, 0.5) is 4.79 Å². The van der Waals surface area contributed by atoms with Gasteiger partial charge < -0.3 is 10.2 Å². The van der Waals surface area contributed by atoms with Crippen molar-refractivity contribution in [1.29, 1.82) is 0 Å². The van der Waals surface area contributed by atoms with E-state index in [9.17, 15) is 4.79 Å². The summed E-state index contributed by atoms with van der Waals surface area (Å²) in [4.78, 5) is 22.5. The monoisotopic (exact) mass is 548 g/mol. The van der Waals surface area contributed by atoms with Gasteiger partial charge in [0.2, 0.25) is 0 Å². The van der Waals surface area contributed by atoms with Crippen LogP contribution in [-0.4, -0.2) is 56.7 Å². The molecule has 0 radical (unpaired) electrons. The summed E-state index contributed by atoms with van der Waals surface area (Å²) < 4.78 is 1.34. The number of likely N-dealkylation sites (tertiary alicyclic amines) is 1. The van der Waals surface area contributed by atoms with Crippen LogP contribution in [-0.2, 0) is 19.5 Å². The van der Waals surface area contributed by atoms with Crippen LogP contribution >= 0.6 is 11.3 Å². The van der Waals surface area contributed by atoms with Crippen molar-refractivity contribution >= 4 is 27.5 Å². The van der Waals surface area contributed by atoms with Crippen LogP contribution in [0.5, 0.6) is 0 Å². The number of piperidine rings is 1. The lowest BCUT2D eigenvalue weighted by atomic mass is 10.0. The lowest BCUT2D eigenvalue weighted by molar-refractivity contribution is 0.160. The number of carbonyl (C=O) groups is 1. The maximum Gasteiger partial charge on any atom is 0.317 e. The minimum atomic E-state index is 0.0168. The van der Waals surface area contributed by atoms with Crippen LogP contribution < -0.4 is 5.32 Å². The molecule has 0 aliphatic carbocycles. The fraction of sp³-hybridized carbons (Fsp3) is 0.281. The number of aromatic nitrogens is 3. The van der Waals surface area contributed by atoms with E-state index >= 15 is 0 Å². The van der Waals surface area contributed by atoms with Crippen LogP contribution in [0.3, 0.4) is 0 Å². The molecule has 1 atom stereocenters. The van der Waals surface area contributed by atoms with Gasteiger partial charge in [0.25, 0.3) is 0 Å². The normalized spacial score (nSPS) is 17.6. The van der Waals surface area contributed by atoms with Crippen LogP contribution in [0.25, 0.3) is 32.6 Å². The summed E-state index contributed by atoms with van der Waals surface area (Å²) in [5, 5.41) is 14.8. The standard InChI is InChI=1S/C32H32N6OS/c39-32(34-25-9-6-15-37(19-25)18-24-21-40-30-11-5-4-10-26(24)30)38-16-14-29-27(20-38)31(36-35-29)23-12-13-28(33-17-23)22-7-2-1-3-8-22/h1-5,7-8,10-13,17,21,25H,6,9,14-16,18-20H2,(H,34,39)(H,35,36)/t25-/m1/s1. The number of benzene rings is 2. The van der Waals surface area contributed by atoms with Crippen molar-refractivity contribution in [2.75, 3.05) is 19.6 Å². The number of aromatic amines is 1. The van der Waals surface area contributed by atoms with Gasteiger partial charge >= 0.3 is 6.03 Å². The molecule has 0 spiro atoms. The first-order valence-corrected chi connectivity index (χ1v) is 14.9. The van der Waals surface area contributed by atoms with Crippen LogP contribution in [0.15, 0.2) is 78.3 Å². The topological polar surface area (TPSA) is 77.2 Å². The number of H-pyrrole nitrogens is 1. The van der Waals surface area contributed by atoms with Gasteiger partial charge in [-0.25, -0.2) is 4.79 Å². The van der Waals surface area contributed by atoms with Gasteiger partial charge in [-0.15, -0.1) is 11.3 Å². The lowest BCUT2D eigenvalue weighted by Crippen LogP contribution is -2.52. The van der Waals surface area contributed by atoms with Gasteiger partial charge in [-0.05, 0) is 53.9 Å². The van der Waals surface area contributed by atoms with Crippen molar-refractivity contribution in [2.45, 2.75) is 38.4 Å². The maximum absolute atomic E-state index is 13.4. The van der Waals surface area contributed by atoms with Gasteiger partial charge in [-0.2, -0.15) is 5.10 Å². The molecule has 7 nitrogen and oxygen atoms in total. The number of hydrogen-bond acceptors (Lipinski definition) is 5. The van der Waals surface area contributed by atoms with Gasteiger partial charge in [-0.3, -0.25) is 15.0 Å². The molecule has 8 heteroatoms. The molecular weight excluding hydrogens is 516 g/mol. The Bertz CT molecular complexity index is 1630. The number of thiophene rings is 1. The molecule has 7 rings (SSSR count).